The summed E-state index contributed by atoms with van der Waals surface area (Å²) in [5, 5.41) is 7.27. The lowest BCUT2D eigenvalue weighted by atomic mass is 10.0. The largest absolute Gasteiger partial charge is 0.451 e. The molecule has 20 heavy (non-hydrogen) atoms. The molecule has 8 heteroatoms. The molecule has 106 valence electrons. The van der Waals surface area contributed by atoms with Gasteiger partial charge in [-0.3, -0.25) is 15.2 Å². The Morgan fingerprint density at radius 3 is 2.60 bits per heavy atom. The number of carbonyl (C=O) groups is 1. The fraction of sp³-hybridized carbons (Fsp3) is 0.250. The van der Waals surface area contributed by atoms with Gasteiger partial charge in [0.1, 0.15) is 0 Å². The SMILES string of the molecule is Cc1cccc(C(=O)Nc2n[nH]c(C(F)(F)F)n2)c1C. The summed E-state index contributed by atoms with van der Waals surface area (Å²) in [7, 11) is 0. The standard InChI is InChI=1S/C12H11F3N4O/c1-6-4-3-5-8(7(6)2)9(20)16-11-17-10(18-19-11)12(13,14)15/h3-5H,1-2H3,(H2,16,17,18,19,20). The van der Waals surface area contributed by atoms with Gasteiger partial charge in [-0.25, -0.2) is 0 Å². The number of benzene rings is 1. The van der Waals surface area contributed by atoms with Gasteiger partial charge in [-0.15, -0.1) is 5.10 Å². The van der Waals surface area contributed by atoms with Crippen molar-refractivity contribution in [3.8, 4) is 0 Å². The molecule has 2 N–H and O–H groups in total. The van der Waals surface area contributed by atoms with Crippen LogP contribution in [0.25, 0.3) is 0 Å². The molecule has 0 saturated carbocycles. The summed E-state index contributed by atoms with van der Waals surface area (Å²) < 4.78 is 37.0. The summed E-state index contributed by atoms with van der Waals surface area (Å²) in [4.78, 5) is 15.1. The number of rotatable bonds is 2. The number of alkyl halides is 3. The Bertz CT molecular complexity index is 648. The summed E-state index contributed by atoms with van der Waals surface area (Å²) in [6.07, 6.45) is -4.63. The van der Waals surface area contributed by atoms with Crippen molar-refractivity contribution in [1.82, 2.24) is 15.2 Å². The van der Waals surface area contributed by atoms with Crippen LogP contribution in [0.3, 0.4) is 0 Å². The Labute approximate surface area is 112 Å². The second kappa shape index (κ2) is 4.95. The van der Waals surface area contributed by atoms with Crippen molar-refractivity contribution in [3.63, 3.8) is 0 Å². The first-order valence-corrected chi connectivity index (χ1v) is 5.66. The molecular weight excluding hydrogens is 273 g/mol. The minimum atomic E-state index is -4.63. The first kappa shape index (κ1) is 14.0. The number of hydrogen-bond donors (Lipinski definition) is 2. The molecule has 0 aliphatic heterocycles. The molecule has 1 aromatic heterocycles. The summed E-state index contributed by atoms with van der Waals surface area (Å²) in [5.74, 6) is -2.23. The third-order valence-electron chi connectivity index (χ3n) is 2.83. The predicted molar refractivity (Wildman–Crippen MR) is 65.3 cm³/mol. The number of aryl methyl sites for hydroxylation is 1. The van der Waals surface area contributed by atoms with Gasteiger partial charge in [0, 0.05) is 5.56 Å². The van der Waals surface area contributed by atoms with Crippen LogP contribution < -0.4 is 5.32 Å². The van der Waals surface area contributed by atoms with Crippen LogP contribution >= 0.6 is 0 Å². The van der Waals surface area contributed by atoms with Crippen LogP contribution in [0.4, 0.5) is 19.1 Å². The number of aromatic amines is 1. The molecule has 0 bridgehead atoms. The maximum Gasteiger partial charge on any atom is 0.451 e. The van der Waals surface area contributed by atoms with Gasteiger partial charge < -0.3 is 0 Å². The number of amides is 1. The number of H-pyrrole nitrogens is 1. The highest BCUT2D eigenvalue weighted by atomic mass is 19.4. The van der Waals surface area contributed by atoms with E-state index in [9.17, 15) is 18.0 Å². The highest BCUT2D eigenvalue weighted by molar-refractivity contribution is 6.04. The number of nitrogens with zero attached hydrogens (tertiary/aromatic N) is 2. The second-order valence-electron chi connectivity index (χ2n) is 4.21. The smallest absolute Gasteiger partial charge is 0.289 e. The molecule has 1 heterocycles. The molecule has 5 nitrogen and oxygen atoms in total. The van der Waals surface area contributed by atoms with Gasteiger partial charge in [0.25, 0.3) is 5.91 Å². The number of nitrogens with one attached hydrogen (secondary N) is 2. The van der Waals surface area contributed by atoms with Gasteiger partial charge in [-0.1, -0.05) is 12.1 Å². The van der Waals surface area contributed by atoms with E-state index in [1.54, 1.807) is 24.2 Å². The topological polar surface area (TPSA) is 70.7 Å². The van der Waals surface area contributed by atoms with Crippen LogP contribution in [0.5, 0.6) is 0 Å². The molecule has 1 aromatic carbocycles. The molecule has 0 saturated heterocycles. The van der Waals surface area contributed by atoms with E-state index in [4.69, 9.17) is 0 Å². The maximum absolute atomic E-state index is 12.3. The van der Waals surface area contributed by atoms with Gasteiger partial charge in [-0.05, 0) is 31.0 Å². The number of anilines is 1. The van der Waals surface area contributed by atoms with E-state index >= 15 is 0 Å². The average molecular weight is 284 g/mol. The molecule has 0 fully saturated rings. The summed E-state index contributed by atoms with van der Waals surface area (Å²) in [5.41, 5.74) is 2.02. The molecule has 0 aliphatic carbocycles. The highest BCUT2D eigenvalue weighted by Crippen LogP contribution is 2.26. The third-order valence-corrected chi connectivity index (χ3v) is 2.83. The first-order chi connectivity index (χ1) is 9.29. The summed E-state index contributed by atoms with van der Waals surface area (Å²) >= 11 is 0. The van der Waals surface area contributed by atoms with Crippen molar-refractivity contribution < 1.29 is 18.0 Å². The van der Waals surface area contributed by atoms with E-state index in [0.717, 1.165) is 11.1 Å². The highest BCUT2D eigenvalue weighted by Gasteiger charge is 2.35. The Morgan fingerprint density at radius 1 is 1.30 bits per heavy atom. The van der Waals surface area contributed by atoms with E-state index in [-0.39, 0.29) is 0 Å². The van der Waals surface area contributed by atoms with Gasteiger partial charge >= 0.3 is 6.18 Å². The Kier molecular flexibility index (Phi) is 3.47. The number of carbonyl (C=O) groups excluding carboxylic acids is 1. The molecule has 0 radical (unpaired) electrons. The molecular formula is C12H11F3N4O. The lowest BCUT2D eigenvalue weighted by molar-refractivity contribution is -0.144. The Morgan fingerprint density at radius 2 is 2.00 bits per heavy atom. The van der Waals surface area contributed by atoms with Crippen LogP contribution in [0.15, 0.2) is 18.2 Å². The first-order valence-electron chi connectivity index (χ1n) is 5.66. The molecule has 0 atom stereocenters. The zero-order valence-electron chi connectivity index (χ0n) is 10.7. The third kappa shape index (κ3) is 2.79. The van der Waals surface area contributed by atoms with Gasteiger partial charge in [-0.2, -0.15) is 18.2 Å². The molecule has 0 unspecified atom stereocenters. The maximum atomic E-state index is 12.3. The molecule has 2 rings (SSSR count). The number of halogens is 3. The summed E-state index contributed by atoms with van der Waals surface area (Å²) in [6, 6.07) is 5.10. The van der Waals surface area contributed by atoms with Crippen LogP contribution in [-0.2, 0) is 6.18 Å². The normalized spacial score (nSPS) is 11.4. The predicted octanol–water partition coefficient (Wildman–Crippen LogP) is 2.69. The minimum Gasteiger partial charge on any atom is -0.289 e. The fourth-order valence-electron chi connectivity index (χ4n) is 1.61. The monoisotopic (exact) mass is 284 g/mol. The number of hydrogen-bond acceptors (Lipinski definition) is 3. The molecule has 0 spiro atoms. The molecule has 1 amide bonds. The van der Waals surface area contributed by atoms with Gasteiger partial charge in [0.2, 0.25) is 11.8 Å². The van der Waals surface area contributed by atoms with Crippen LogP contribution in [0, 0.1) is 13.8 Å². The van der Waals surface area contributed by atoms with Gasteiger partial charge in [0.15, 0.2) is 0 Å². The van der Waals surface area contributed by atoms with Crippen molar-refractivity contribution in [3.05, 3.63) is 40.7 Å². The quantitative estimate of drug-likeness (QED) is 0.890. The van der Waals surface area contributed by atoms with Crippen molar-refractivity contribution in [2.45, 2.75) is 20.0 Å². The lowest BCUT2D eigenvalue weighted by Crippen LogP contribution is -2.15. The van der Waals surface area contributed by atoms with E-state index in [1.807, 2.05) is 13.0 Å². The van der Waals surface area contributed by atoms with Crippen LogP contribution in [-0.4, -0.2) is 21.1 Å². The Hall–Kier alpha value is -2.38. The fourth-order valence-corrected chi connectivity index (χ4v) is 1.61. The number of aromatic nitrogens is 3. The molecule has 0 aliphatic rings. The molecule has 2 aromatic rings. The lowest BCUT2D eigenvalue weighted by Gasteiger charge is -2.07. The second-order valence-corrected chi connectivity index (χ2v) is 4.21. The Balaban J connectivity index is 2.20. The summed E-state index contributed by atoms with van der Waals surface area (Å²) in [6.45, 7) is 3.59. The van der Waals surface area contributed by atoms with Crippen molar-refractivity contribution >= 4 is 11.9 Å². The van der Waals surface area contributed by atoms with Gasteiger partial charge in [0.05, 0.1) is 0 Å². The van der Waals surface area contributed by atoms with E-state index in [2.05, 4.69) is 15.4 Å². The van der Waals surface area contributed by atoms with E-state index < -0.39 is 23.9 Å². The van der Waals surface area contributed by atoms with Crippen molar-refractivity contribution in [2.75, 3.05) is 5.32 Å². The van der Waals surface area contributed by atoms with Crippen molar-refractivity contribution in [2.24, 2.45) is 0 Å². The van der Waals surface area contributed by atoms with Crippen LogP contribution in [0.1, 0.15) is 27.3 Å². The van der Waals surface area contributed by atoms with E-state index in [1.165, 1.54) is 0 Å². The van der Waals surface area contributed by atoms with Crippen molar-refractivity contribution in [1.29, 1.82) is 0 Å². The van der Waals surface area contributed by atoms with Crippen LogP contribution in [0.2, 0.25) is 0 Å². The average Bonchev–Trinajstić information content (AvgIpc) is 2.81. The zero-order valence-corrected chi connectivity index (χ0v) is 10.7. The minimum absolute atomic E-state index is 0.364. The van der Waals surface area contributed by atoms with E-state index in [0.29, 0.717) is 5.56 Å². The zero-order chi connectivity index (χ0) is 14.9.